The number of benzene rings is 2. The van der Waals surface area contributed by atoms with Gasteiger partial charge in [0.1, 0.15) is 11.5 Å². The van der Waals surface area contributed by atoms with Crippen LogP contribution in [-0.4, -0.2) is 20.4 Å². The predicted molar refractivity (Wildman–Crippen MR) is 82.6 cm³/mol. The molecule has 0 atom stereocenters. The van der Waals surface area contributed by atoms with Crippen LogP contribution in [0.5, 0.6) is 11.5 Å². The van der Waals surface area contributed by atoms with Gasteiger partial charge in [-0.05, 0) is 53.6 Å². The van der Waals surface area contributed by atoms with Crippen LogP contribution in [-0.2, 0) is 0 Å². The molecule has 2 rings (SSSR count). The molecule has 0 N–H and O–H groups in total. The highest BCUT2D eigenvalue weighted by molar-refractivity contribution is 5.80. The molecule has 0 aromatic heterocycles. The van der Waals surface area contributed by atoms with Gasteiger partial charge >= 0.3 is 0 Å². The molecule has 0 amide bonds. The summed E-state index contributed by atoms with van der Waals surface area (Å²) < 4.78 is 10.2. The SMILES string of the molecule is COc1ccc(C=CN=Cc2ccc(OC)cc2)cc1. The molecule has 0 radical (unpaired) electrons. The van der Waals surface area contributed by atoms with Crippen LogP contribution in [0.15, 0.2) is 59.7 Å². The van der Waals surface area contributed by atoms with E-state index in [0.29, 0.717) is 0 Å². The summed E-state index contributed by atoms with van der Waals surface area (Å²) in [6, 6.07) is 15.6. The van der Waals surface area contributed by atoms with Crippen LogP contribution in [0.4, 0.5) is 0 Å². The summed E-state index contributed by atoms with van der Waals surface area (Å²) in [6.07, 6.45) is 5.52. The lowest BCUT2D eigenvalue weighted by Crippen LogP contribution is -1.84. The third kappa shape index (κ3) is 3.99. The number of nitrogens with zero attached hydrogens (tertiary/aromatic N) is 1. The second kappa shape index (κ2) is 7.14. The van der Waals surface area contributed by atoms with Gasteiger partial charge in [-0.25, -0.2) is 0 Å². The van der Waals surface area contributed by atoms with Crippen molar-refractivity contribution in [2.75, 3.05) is 14.2 Å². The Bertz CT molecular complexity index is 528. The molecule has 2 aromatic rings. The fourth-order valence-electron chi connectivity index (χ4n) is 1.66. The van der Waals surface area contributed by atoms with Crippen LogP contribution in [0.2, 0.25) is 0 Å². The van der Waals surface area contributed by atoms with Gasteiger partial charge in [0.25, 0.3) is 0 Å². The molecule has 0 aliphatic heterocycles. The van der Waals surface area contributed by atoms with E-state index in [1.165, 1.54) is 0 Å². The molecular weight excluding hydrogens is 250 g/mol. The summed E-state index contributed by atoms with van der Waals surface area (Å²) in [5.74, 6) is 1.69. The van der Waals surface area contributed by atoms with Crippen molar-refractivity contribution in [2.24, 2.45) is 4.99 Å². The standard InChI is InChI=1S/C17H17NO2/c1-19-16-7-3-14(4-8-16)11-12-18-13-15-5-9-17(20-2)10-6-15/h3-13H,1-2H3. The van der Waals surface area contributed by atoms with E-state index in [2.05, 4.69) is 4.99 Å². The molecule has 102 valence electrons. The van der Waals surface area contributed by atoms with Crippen molar-refractivity contribution < 1.29 is 9.47 Å². The monoisotopic (exact) mass is 267 g/mol. The quantitative estimate of drug-likeness (QED) is 0.772. The second-order valence-corrected chi connectivity index (χ2v) is 4.14. The largest absolute Gasteiger partial charge is 0.497 e. The molecule has 0 saturated carbocycles. The summed E-state index contributed by atoms with van der Waals surface area (Å²) >= 11 is 0. The number of ether oxygens (including phenoxy) is 2. The Kier molecular flexibility index (Phi) is 4.95. The Balaban J connectivity index is 1.95. The Labute approximate surface area is 119 Å². The first-order valence-electron chi connectivity index (χ1n) is 6.29. The van der Waals surface area contributed by atoms with Gasteiger partial charge < -0.3 is 9.47 Å². The van der Waals surface area contributed by atoms with Gasteiger partial charge in [-0.3, -0.25) is 4.99 Å². The molecule has 0 aliphatic rings. The molecular formula is C17H17NO2. The lowest BCUT2D eigenvalue weighted by Gasteiger charge is -1.98. The van der Waals surface area contributed by atoms with Crippen molar-refractivity contribution in [3.05, 3.63) is 65.9 Å². The van der Waals surface area contributed by atoms with Crippen molar-refractivity contribution in [1.29, 1.82) is 0 Å². The van der Waals surface area contributed by atoms with Crippen LogP contribution >= 0.6 is 0 Å². The van der Waals surface area contributed by atoms with Gasteiger partial charge in [0.05, 0.1) is 14.2 Å². The molecule has 3 nitrogen and oxygen atoms in total. The van der Waals surface area contributed by atoms with Crippen LogP contribution in [0.1, 0.15) is 11.1 Å². The number of hydrogen-bond donors (Lipinski definition) is 0. The third-order valence-electron chi connectivity index (χ3n) is 2.81. The zero-order valence-corrected chi connectivity index (χ0v) is 11.6. The molecule has 0 fully saturated rings. The Morgan fingerprint density at radius 2 is 1.25 bits per heavy atom. The summed E-state index contributed by atoms with van der Waals surface area (Å²) in [5.41, 5.74) is 2.11. The summed E-state index contributed by atoms with van der Waals surface area (Å²) in [6.45, 7) is 0. The van der Waals surface area contributed by atoms with Crippen molar-refractivity contribution in [3.8, 4) is 11.5 Å². The van der Waals surface area contributed by atoms with Crippen LogP contribution in [0, 0.1) is 0 Å². The Morgan fingerprint density at radius 1 is 0.750 bits per heavy atom. The first kappa shape index (κ1) is 13.9. The molecule has 0 aliphatic carbocycles. The van der Waals surface area contributed by atoms with Crippen molar-refractivity contribution >= 4 is 12.3 Å². The fraction of sp³-hybridized carbons (Fsp3) is 0.118. The van der Waals surface area contributed by atoms with Crippen molar-refractivity contribution in [3.63, 3.8) is 0 Å². The Hall–Kier alpha value is -2.55. The minimum atomic E-state index is 0.843. The maximum Gasteiger partial charge on any atom is 0.118 e. The van der Waals surface area contributed by atoms with Crippen molar-refractivity contribution in [2.45, 2.75) is 0 Å². The van der Waals surface area contributed by atoms with E-state index in [1.807, 2.05) is 54.6 Å². The first-order valence-corrected chi connectivity index (χ1v) is 6.29. The van der Waals surface area contributed by atoms with Crippen LogP contribution in [0.3, 0.4) is 0 Å². The molecule has 0 heterocycles. The molecule has 0 unspecified atom stereocenters. The van der Waals surface area contributed by atoms with E-state index in [9.17, 15) is 0 Å². The third-order valence-corrected chi connectivity index (χ3v) is 2.81. The fourth-order valence-corrected chi connectivity index (χ4v) is 1.66. The van der Waals surface area contributed by atoms with Crippen LogP contribution < -0.4 is 9.47 Å². The maximum atomic E-state index is 5.11. The van der Waals surface area contributed by atoms with Gasteiger partial charge in [-0.1, -0.05) is 12.1 Å². The lowest BCUT2D eigenvalue weighted by molar-refractivity contribution is 0.414. The number of aliphatic imine (C=N–C) groups is 1. The topological polar surface area (TPSA) is 30.8 Å². The average molecular weight is 267 g/mol. The van der Waals surface area contributed by atoms with E-state index in [-0.39, 0.29) is 0 Å². The second-order valence-electron chi connectivity index (χ2n) is 4.14. The van der Waals surface area contributed by atoms with Gasteiger partial charge in [0, 0.05) is 12.4 Å². The molecule has 0 spiro atoms. The lowest BCUT2D eigenvalue weighted by atomic mass is 10.2. The molecule has 3 heteroatoms. The minimum Gasteiger partial charge on any atom is -0.497 e. The van der Waals surface area contributed by atoms with E-state index in [0.717, 1.165) is 22.6 Å². The van der Waals surface area contributed by atoms with E-state index in [4.69, 9.17) is 9.47 Å². The van der Waals surface area contributed by atoms with E-state index < -0.39 is 0 Å². The number of methoxy groups -OCH3 is 2. The van der Waals surface area contributed by atoms with Crippen LogP contribution in [0.25, 0.3) is 6.08 Å². The normalized spacial score (nSPS) is 11.1. The summed E-state index contributed by atoms with van der Waals surface area (Å²) in [7, 11) is 3.31. The van der Waals surface area contributed by atoms with Gasteiger partial charge in [0.15, 0.2) is 0 Å². The van der Waals surface area contributed by atoms with Gasteiger partial charge in [0.2, 0.25) is 0 Å². The highest BCUT2D eigenvalue weighted by atomic mass is 16.5. The summed E-state index contributed by atoms with van der Waals surface area (Å²) in [5, 5.41) is 0. The average Bonchev–Trinajstić information content (AvgIpc) is 2.53. The molecule has 20 heavy (non-hydrogen) atoms. The predicted octanol–water partition coefficient (Wildman–Crippen LogP) is 3.79. The zero-order valence-electron chi connectivity index (χ0n) is 11.6. The van der Waals surface area contributed by atoms with Crippen molar-refractivity contribution in [1.82, 2.24) is 0 Å². The highest BCUT2D eigenvalue weighted by Crippen LogP contribution is 2.12. The molecule has 0 bridgehead atoms. The van der Waals surface area contributed by atoms with E-state index in [1.54, 1.807) is 26.6 Å². The smallest absolute Gasteiger partial charge is 0.118 e. The number of rotatable bonds is 5. The molecule has 0 saturated heterocycles. The highest BCUT2D eigenvalue weighted by Gasteiger charge is 1.90. The van der Waals surface area contributed by atoms with Gasteiger partial charge in [-0.15, -0.1) is 0 Å². The minimum absolute atomic E-state index is 0.843. The summed E-state index contributed by atoms with van der Waals surface area (Å²) in [4.78, 5) is 4.26. The van der Waals surface area contributed by atoms with E-state index >= 15 is 0 Å². The zero-order chi connectivity index (χ0) is 14.2. The molecule has 2 aromatic carbocycles. The number of hydrogen-bond acceptors (Lipinski definition) is 3. The maximum absolute atomic E-state index is 5.11. The Morgan fingerprint density at radius 3 is 1.75 bits per heavy atom. The first-order chi connectivity index (χ1) is 9.81. The van der Waals surface area contributed by atoms with Gasteiger partial charge in [-0.2, -0.15) is 0 Å².